The first-order chi connectivity index (χ1) is 13.2. The quantitative estimate of drug-likeness (QED) is 0.524. The largest absolute Gasteiger partial charge is 0.421 e. The van der Waals surface area contributed by atoms with Crippen LogP contribution in [0.1, 0.15) is 21.5 Å². The van der Waals surface area contributed by atoms with Crippen molar-refractivity contribution in [2.45, 2.75) is 13.5 Å². The first kappa shape index (κ1) is 17.6. The lowest BCUT2D eigenvalue weighted by Crippen LogP contribution is -2.35. The average Bonchev–Trinajstić information content (AvgIpc) is 2.71. The number of nitrogens with zero attached hydrogens (tertiary/aromatic N) is 2. The number of benzene rings is 2. The van der Waals surface area contributed by atoms with Crippen molar-refractivity contribution in [3.63, 3.8) is 0 Å². The summed E-state index contributed by atoms with van der Waals surface area (Å²) in [6, 6.07) is 15.2. The highest BCUT2D eigenvalue weighted by atomic mass is 16.5. The Kier molecular flexibility index (Phi) is 5.14. The predicted molar refractivity (Wildman–Crippen MR) is 104 cm³/mol. The summed E-state index contributed by atoms with van der Waals surface area (Å²) in [7, 11) is 0. The molecule has 1 fully saturated rings. The summed E-state index contributed by atoms with van der Waals surface area (Å²) in [6.45, 7) is 6.11. The first-order valence-corrected chi connectivity index (χ1v) is 9.17. The highest BCUT2D eigenvalue weighted by molar-refractivity contribution is 5.95. The minimum absolute atomic E-state index is 0.360. The number of hydrogen-bond acceptors (Lipinski definition) is 5. The number of pyridine rings is 1. The Morgan fingerprint density at radius 1 is 1.11 bits per heavy atom. The summed E-state index contributed by atoms with van der Waals surface area (Å²) in [5.41, 5.74) is 3.35. The molecule has 4 rings (SSSR count). The Morgan fingerprint density at radius 2 is 1.93 bits per heavy atom. The molecule has 1 saturated heterocycles. The number of carbonyl (C=O) groups excluding carboxylic acids is 1. The molecule has 0 unspecified atom stereocenters. The van der Waals surface area contributed by atoms with Gasteiger partial charge in [0.1, 0.15) is 5.52 Å². The van der Waals surface area contributed by atoms with E-state index >= 15 is 0 Å². The summed E-state index contributed by atoms with van der Waals surface area (Å²) in [4.78, 5) is 19.5. The van der Waals surface area contributed by atoms with E-state index in [1.807, 2.05) is 49.4 Å². The van der Waals surface area contributed by atoms with E-state index in [4.69, 9.17) is 9.47 Å². The van der Waals surface area contributed by atoms with Gasteiger partial charge in [-0.15, -0.1) is 0 Å². The van der Waals surface area contributed by atoms with E-state index in [1.54, 1.807) is 12.3 Å². The van der Waals surface area contributed by atoms with E-state index < -0.39 is 0 Å². The lowest BCUT2D eigenvalue weighted by atomic mass is 10.1. The summed E-state index contributed by atoms with van der Waals surface area (Å²) in [5.74, 6) is 0.130. The van der Waals surface area contributed by atoms with Crippen LogP contribution in [0.15, 0.2) is 54.7 Å². The number of carbonyl (C=O) groups is 1. The molecule has 27 heavy (non-hydrogen) atoms. The van der Waals surface area contributed by atoms with Gasteiger partial charge in [0.25, 0.3) is 0 Å². The molecule has 1 aliphatic heterocycles. The molecule has 2 aromatic carbocycles. The standard InChI is InChI=1S/C22H22N2O3/c1-16-5-2-3-6-18(16)22(25)27-20-9-8-17(15-24-11-13-26-14-12-24)19-7-4-10-23-21(19)20/h2-10H,11-15H2,1H3. The Bertz CT molecular complexity index is 965. The molecule has 0 radical (unpaired) electrons. The van der Waals surface area contributed by atoms with E-state index in [9.17, 15) is 4.79 Å². The molecule has 3 aromatic rings. The third-order valence-corrected chi connectivity index (χ3v) is 4.89. The van der Waals surface area contributed by atoms with Crippen molar-refractivity contribution in [3.05, 3.63) is 71.4 Å². The maximum atomic E-state index is 12.6. The zero-order valence-electron chi connectivity index (χ0n) is 15.4. The summed E-state index contributed by atoms with van der Waals surface area (Å²) >= 11 is 0. The van der Waals surface area contributed by atoms with Gasteiger partial charge in [0.15, 0.2) is 5.75 Å². The SMILES string of the molecule is Cc1ccccc1C(=O)Oc1ccc(CN2CCOCC2)c2cccnc12. The van der Waals surface area contributed by atoms with Gasteiger partial charge < -0.3 is 9.47 Å². The Hall–Kier alpha value is -2.76. The zero-order valence-corrected chi connectivity index (χ0v) is 15.4. The number of ether oxygens (including phenoxy) is 2. The lowest BCUT2D eigenvalue weighted by molar-refractivity contribution is 0.0343. The van der Waals surface area contributed by atoms with Crippen LogP contribution in [0.25, 0.3) is 10.9 Å². The molecule has 1 aromatic heterocycles. The van der Waals surface area contributed by atoms with Crippen molar-refractivity contribution in [1.82, 2.24) is 9.88 Å². The number of aryl methyl sites for hydroxylation is 1. The van der Waals surface area contributed by atoms with Crippen molar-refractivity contribution >= 4 is 16.9 Å². The van der Waals surface area contributed by atoms with Crippen LogP contribution in [-0.2, 0) is 11.3 Å². The van der Waals surface area contributed by atoms with Crippen LogP contribution in [0.5, 0.6) is 5.75 Å². The summed E-state index contributed by atoms with van der Waals surface area (Å²) in [6.07, 6.45) is 1.73. The molecule has 0 bridgehead atoms. The molecule has 5 heteroatoms. The van der Waals surface area contributed by atoms with E-state index in [0.717, 1.165) is 43.8 Å². The van der Waals surface area contributed by atoms with Crippen LogP contribution in [-0.4, -0.2) is 42.2 Å². The molecule has 0 saturated carbocycles. The lowest BCUT2D eigenvalue weighted by Gasteiger charge is -2.27. The second-order valence-corrected chi connectivity index (χ2v) is 6.72. The number of esters is 1. The monoisotopic (exact) mass is 362 g/mol. The topological polar surface area (TPSA) is 51.7 Å². The zero-order chi connectivity index (χ0) is 18.6. The number of hydrogen-bond donors (Lipinski definition) is 0. The molecule has 1 aliphatic rings. The van der Waals surface area contributed by atoms with Gasteiger partial charge >= 0.3 is 5.97 Å². The van der Waals surface area contributed by atoms with Gasteiger partial charge in [0, 0.05) is 31.2 Å². The third kappa shape index (κ3) is 3.84. The molecule has 5 nitrogen and oxygen atoms in total. The number of fused-ring (bicyclic) bond motifs is 1. The maximum Gasteiger partial charge on any atom is 0.343 e. The van der Waals surface area contributed by atoms with Crippen LogP contribution in [0.3, 0.4) is 0 Å². The normalized spacial score (nSPS) is 15.0. The van der Waals surface area contributed by atoms with Crippen LogP contribution < -0.4 is 4.74 Å². The van der Waals surface area contributed by atoms with Gasteiger partial charge in [-0.1, -0.05) is 30.3 Å². The van der Waals surface area contributed by atoms with Gasteiger partial charge in [0.05, 0.1) is 18.8 Å². The van der Waals surface area contributed by atoms with E-state index in [1.165, 1.54) is 5.56 Å². The van der Waals surface area contributed by atoms with E-state index in [2.05, 4.69) is 9.88 Å². The summed E-state index contributed by atoms with van der Waals surface area (Å²) in [5, 5.41) is 1.01. The Morgan fingerprint density at radius 3 is 2.74 bits per heavy atom. The molecule has 2 heterocycles. The van der Waals surface area contributed by atoms with Gasteiger partial charge in [-0.05, 0) is 36.2 Å². The molecule has 0 amide bonds. The molecule has 0 N–H and O–H groups in total. The van der Waals surface area contributed by atoms with E-state index in [-0.39, 0.29) is 5.97 Å². The minimum Gasteiger partial charge on any atom is -0.421 e. The van der Waals surface area contributed by atoms with Crippen molar-refractivity contribution in [2.24, 2.45) is 0 Å². The van der Waals surface area contributed by atoms with Gasteiger partial charge in [-0.2, -0.15) is 0 Å². The van der Waals surface area contributed by atoms with Gasteiger partial charge in [-0.3, -0.25) is 9.88 Å². The predicted octanol–water partition coefficient (Wildman–Crippen LogP) is 3.59. The van der Waals surface area contributed by atoms with Crippen LogP contribution in [0.4, 0.5) is 0 Å². The van der Waals surface area contributed by atoms with Crippen molar-refractivity contribution in [2.75, 3.05) is 26.3 Å². The molecule has 0 atom stereocenters. The number of morpholine rings is 1. The first-order valence-electron chi connectivity index (χ1n) is 9.17. The highest BCUT2D eigenvalue weighted by Gasteiger charge is 2.17. The molecular weight excluding hydrogens is 340 g/mol. The summed E-state index contributed by atoms with van der Waals surface area (Å²) < 4.78 is 11.1. The van der Waals surface area contributed by atoms with Crippen LogP contribution in [0, 0.1) is 6.92 Å². The van der Waals surface area contributed by atoms with Crippen molar-refractivity contribution < 1.29 is 14.3 Å². The molecular formula is C22H22N2O3. The Labute approximate surface area is 158 Å². The molecule has 0 aliphatic carbocycles. The van der Waals surface area contributed by atoms with Gasteiger partial charge in [-0.25, -0.2) is 4.79 Å². The smallest absolute Gasteiger partial charge is 0.343 e. The second-order valence-electron chi connectivity index (χ2n) is 6.72. The maximum absolute atomic E-state index is 12.6. The van der Waals surface area contributed by atoms with Crippen LogP contribution in [0.2, 0.25) is 0 Å². The van der Waals surface area contributed by atoms with Crippen molar-refractivity contribution in [3.8, 4) is 5.75 Å². The molecule has 138 valence electrons. The minimum atomic E-state index is -0.360. The Balaban J connectivity index is 1.63. The van der Waals surface area contributed by atoms with Crippen molar-refractivity contribution in [1.29, 1.82) is 0 Å². The number of aromatic nitrogens is 1. The highest BCUT2D eigenvalue weighted by Crippen LogP contribution is 2.28. The third-order valence-electron chi connectivity index (χ3n) is 4.89. The second kappa shape index (κ2) is 7.86. The fourth-order valence-corrected chi connectivity index (χ4v) is 3.38. The van der Waals surface area contributed by atoms with E-state index in [0.29, 0.717) is 16.8 Å². The average molecular weight is 362 g/mol. The fourth-order valence-electron chi connectivity index (χ4n) is 3.38. The van der Waals surface area contributed by atoms with Gasteiger partial charge in [0.2, 0.25) is 0 Å². The number of rotatable bonds is 4. The van der Waals surface area contributed by atoms with Crippen LogP contribution >= 0.6 is 0 Å². The fraction of sp³-hybridized carbons (Fsp3) is 0.273. The molecule has 0 spiro atoms.